The van der Waals surface area contributed by atoms with Gasteiger partial charge in [0.15, 0.2) is 0 Å². The summed E-state index contributed by atoms with van der Waals surface area (Å²) >= 11 is 5.97. The maximum absolute atomic E-state index is 11.7. The van der Waals surface area contributed by atoms with Crippen molar-refractivity contribution in [3.8, 4) is 11.3 Å². The summed E-state index contributed by atoms with van der Waals surface area (Å²) in [7, 11) is 0. The zero-order valence-corrected chi connectivity index (χ0v) is 18.9. The van der Waals surface area contributed by atoms with Gasteiger partial charge in [0.25, 0.3) is 0 Å². The number of benzene rings is 2. The van der Waals surface area contributed by atoms with E-state index >= 15 is 0 Å². The van der Waals surface area contributed by atoms with E-state index in [1.807, 2.05) is 36.4 Å². The van der Waals surface area contributed by atoms with Gasteiger partial charge in [-0.1, -0.05) is 54.1 Å². The number of anilines is 1. The van der Waals surface area contributed by atoms with Gasteiger partial charge in [0.2, 0.25) is 0 Å². The van der Waals surface area contributed by atoms with Crippen LogP contribution in [0.3, 0.4) is 0 Å². The summed E-state index contributed by atoms with van der Waals surface area (Å²) in [5.74, 6) is 0.538. The van der Waals surface area contributed by atoms with Crippen molar-refractivity contribution in [2.45, 2.75) is 18.9 Å². The average molecular weight is 449 g/mol. The van der Waals surface area contributed by atoms with Gasteiger partial charge in [-0.2, -0.15) is 0 Å². The minimum absolute atomic E-state index is 0.0773. The van der Waals surface area contributed by atoms with E-state index in [0.29, 0.717) is 5.82 Å². The van der Waals surface area contributed by atoms with Crippen LogP contribution in [0.5, 0.6) is 0 Å². The molecule has 0 aliphatic carbocycles. The quantitative estimate of drug-likeness (QED) is 0.528. The highest BCUT2D eigenvalue weighted by atomic mass is 35.5. The van der Waals surface area contributed by atoms with Crippen molar-refractivity contribution < 1.29 is 4.79 Å². The van der Waals surface area contributed by atoms with Crippen LogP contribution in [-0.2, 0) is 17.6 Å². The molecule has 1 aliphatic heterocycles. The lowest BCUT2D eigenvalue weighted by Crippen LogP contribution is -2.51. The second-order valence-electron chi connectivity index (χ2n) is 8.31. The van der Waals surface area contributed by atoms with Gasteiger partial charge in [0, 0.05) is 43.3 Å². The zero-order chi connectivity index (χ0) is 22.3. The number of pyridine rings is 1. The molecule has 0 amide bonds. The third-order valence-electron chi connectivity index (χ3n) is 6.13. The van der Waals surface area contributed by atoms with E-state index in [0.717, 1.165) is 73.7 Å². The summed E-state index contributed by atoms with van der Waals surface area (Å²) in [6.07, 6.45) is 2.82. The predicted molar refractivity (Wildman–Crippen MR) is 131 cm³/mol. The van der Waals surface area contributed by atoms with Crippen molar-refractivity contribution in [2.24, 2.45) is 0 Å². The first kappa shape index (κ1) is 22.5. The normalized spacial score (nSPS) is 16.0. The van der Waals surface area contributed by atoms with Crippen LogP contribution in [0.4, 0.5) is 5.82 Å². The number of nitrogen functional groups attached to an aromatic ring is 1. The fraction of sp³-hybridized carbons (Fsp3) is 0.308. The molecule has 5 nitrogen and oxygen atoms in total. The highest BCUT2D eigenvalue weighted by Gasteiger charge is 2.23. The fourth-order valence-corrected chi connectivity index (χ4v) is 4.31. The van der Waals surface area contributed by atoms with Crippen LogP contribution in [0.2, 0.25) is 5.02 Å². The van der Waals surface area contributed by atoms with Gasteiger partial charge in [-0.25, -0.2) is 4.98 Å². The highest BCUT2D eigenvalue weighted by Crippen LogP contribution is 2.19. The van der Waals surface area contributed by atoms with Crippen molar-refractivity contribution in [3.63, 3.8) is 0 Å². The number of hydrogen-bond donors (Lipinski definition) is 1. The number of aldehydes is 1. The van der Waals surface area contributed by atoms with Crippen LogP contribution in [0.15, 0.2) is 66.7 Å². The molecule has 0 spiro atoms. The number of rotatable bonds is 8. The van der Waals surface area contributed by atoms with Crippen molar-refractivity contribution >= 4 is 23.7 Å². The van der Waals surface area contributed by atoms with Crippen molar-refractivity contribution in [1.82, 2.24) is 14.8 Å². The SMILES string of the molecule is Nc1cccc(-c2ccc(CCN3CCN(C(C=O)Cc4ccc(Cl)cc4)CC3)cc2)n1. The Labute approximate surface area is 194 Å². The Morgan fingerprint density at radius 1 is 0.938 bits per heavy atom. The standard InChI is InChI=1S/C26H29ClN4O/c27-23-10-6-21(7-11-23)18-24(19-32)31-16-14-30(15-17-31)13-12-20-4-8-22(9-5-20)25-2-1-3-26(28)29-25/h1-11,19,24H,12-18H2,(H2,28,29). The molecule has 1 aromatic heterocycles. The molecule has 0 radical (unpaired) electrons. The lowest BCUT2D eigenvalue weighted by Gasteiger charge is -2.37. The van der Waals surface area contributed by atoms with E-state index in [1.54, 1.807) is 6.07 Å². The van der Waals surface area contributed by atoms with Crippen LogP contribution in [0.25, 0.3) is 11.3 Å². The smallest absolute Gasteiger partial charge is 0.137 e. The molecule has 2 aromatic carbocycles. The Morgan fingerprint density at radius 3 is 2.28 bits per heavy atom. The van der Waals surface area contributed by atoms with E-state index in [4.69, 9.17) is 17.3 Å². The summed E-state index contributed by atoms with van der Waals surface area (Å²) in [6.45, 7) is 4.81. The van der Waals surface area contributed by atoms with Crippen LogP contribution < -0.4 is 5.73 Å². The summed E-state index contributed by atoms with van der Waals surface area (Å²) in [4.78, 5) is 20.9. The number of carbonyl (C=O) groups is 1. The van der Waals surface area contributed by atoms with Gasteiger partial charge in [-0.05, 0) is 48.2 Å². The van der Waals surface area contributed by atoms with E-state index in [2.05, 4.69) is 39.0 Å². The van der Waals surface area contributed by atoms with E-state index in [1.165, 1.54) is 5.56 Å². The van der Waals surface area contributed by atoms with Gasteiger partial charge >= 0.3 is 0 Å². The van der Waals surface area contributed by atoms with Gasteiger partial charge in [-0.3, -0.25) is 4.90 Å². The summed E-state index contributed by atoms with van der Waals surface area (Å²) in [5.41, 5.74) is 10.2. The molecule has 6 heteroatoms. The molecule has 0 bridgehead atoms. The zero-order valence-electron chi connectivity index (χ0n) is 18.2. The third kappa shape index (κ3) is 5.94. The minimum Gasteiger partial charge on any atom is -0.384 e. The molecule has 2 heterocycles. The number of hydrogen-bond acceptors (Lipinski definition) is 5. The van der Waals surface area contributed by atoms with Gasteiger partial charge < -0.3 is 15.4 Å². The Balaban J connectivity index is 1.25. The Kier molecular flexibility index (Phi) is 7.53. The molecule has 1 atom stereocenters. The molecule has 1 aliphatic rings. The maximum atomic E-state index is 11.7. The topological polar surface area (TPSA) is 62.5 Å². The summed E-state index contributed by atoms with van der Waals surface area (Å²) in [5, 5.41) is 0.723. The van der Waals surface area contributed by atoms with Crippen molar-refractivity contribution in [3.05, 3.63) is 82.9 Å². The Bertz CT molecular complexity index is 1010. The Morgan fingerprint density at radius 2 is 1.62 bits per heavy atom. The molecule has 1 unspecified atom stereocenters. The van der Waals surface area contributed by atoms with Crippen LogP contribution in [0.1, 0.15) is 11.1 Å². The van der Waals surface area contributed by atoms with Crippen LogP contribution in [-0.4, -0.2) is 59.8 Å². The number of piperazine rings is 1. The average Bonchev–Trinajstić information content (AvgIpc) is 2.83. The van der Waals surface area contributed by atoms with Gasteiger partial charge in [-0.15, -0.1) is 0 Å². The number of nitrogens with zero attached hydrogens (tertiary/aromatic N) is 3. The highest BCUT2D eigenvalue weighted by molar-refractivity contribution is 6.30. The van der Waals surface area contributed by atoms with E-state index in [9.17, 15) is 4.79 Å². The Hall–Kier alpha value is -2.73. The number of carbonyl (C=O) groups excluding carboxylic acids is 1. The summed E-state index contributed by atoms with van der Waals surface area (Å²) in [6, 6.07) is 22.0. The number of nitrogens with two attached hydrogens (primary N) is 1. The van der Waals surface area contributed by atoms with Crippen LogP contribution >= 0.6 is 11.6 Å². The first-order chi connectivity index (χ1) is 15.6. The number of aromatic nitrogens is 1. The monoisotopic (exact) mass is 448 g/mol. The first-order valence-corrected chi connectivity index (χ1v) is 11.5. The van der Waals surface area contributed by atoms with Crippen molar-refractivity contribution in [1.29, 1.82) is 0 Å². The fourth-order valence-electron chi connectivity index (χ4n) is 4.19. The van der Waals surface area contributed by atoms with Crippen LogP contribution in [0, 0.1) is 0 Å². The minimum atomic E-state index is -0.0773. The molecular weight excluding hydrogens is 420 g/mol. The number of halogens is 1. The molecular formula is C26H29ClN4O. The molecule has 1 saturated heterocycles. The maximum Gasteiger partial charge on any atom is 0.137 e. The molecule has 3 aromatic rings. The lowest BCUT2D eigenvalue weighted by atomic mass is 10.0. The lowest BCUT2D eigenvalue weighted by molar-refractivity contribution is -0.113. The molecule has 166 valence electrons. The van der Waals surface area contributed by atoms with Crippen molar-refractivity contribution in [2.75, 3.05) is 38.5 Å². The predicted octanol–water partition coefficient (Wildman–Crippen LogP) is 3.95. The van der Waals surface area contributed by atoms with Gasteiger partial charge in [0.1, 0.15) is 12.1 Å². The van der Waals surface area contributed by atoms with E-state index < -0.39 is 0 Å². The largest absolute Gasteiger partial charge is 0.384 e. The molecule has 32 heavy (non-hydrogen) atoms. The summed E-state index contributed by atoms with van der Waals surface area (Å²) < 4.78 is 0. The molecule has 1 fully saturated rings. The second-order valence-corrected chi connectivity index (χ2v) is 8.74. The third-order valence-corrected chi connectivity index (χ3v) is 6.38. The first-order valence-electron chi connectivity index (χ1n) is 11.1. The molecule has 2 N–H and O–H groups in total. The van der Waals surface area contributed by atoms with E-state index in [-0.39, 0.29) is 6.04 Å². The second kappa shape index (κ2) is 10.7. The van der Waals surface area contributed by atoms with Gasteiger partial charge in [0.05, 0.1) is 11.7 Å². The molecule has 4 rings (SSSR count). The molecule has 0 saturated carbocycles.